The number of nitrogens with zero attached hydrogens (tertiary/aromatic N) is 4. The third kappa shape index (κ3) is 2.47. The van der Waals surface area contributed by atoms with E-state index in [2.05, 4.69) is 26.8 Å². The number of nitrogens with two attached hydrogens (primary N) is 1. The van der Waals surface area contributed by atoms with Crippen LogP contribution in [0, 0.1) is 0 Å². The van der Waals surface area contributed by atoms with Gasteiger partial charge in [0.1, 0.15) is 0 Å². The lowest BCUT2D eigenvalue weighted by Crippen LogP contribution is -2.28. The van der Waals surface area contributed by atoms with Crippen molar-refractivity contribution < 1.29 is 0 Å². The molecule has 1 saturated carbocycles. The van der Waals surface area contributed by atoms with E-state index < -0.39 is 0 Å². The Balaban J connectivity index is 2.24. The summed E-state index contributed by atoms with van der Waals surface area (Å²) in [6, 6.07) is 0.558. The molecule has 0 spiro atoms. The summed E-state index contributed by atoms with van der Waals surface area (Å²) in [7, 11) is 0. The lowest BCUT2D eigenvalue weighted by molar-refractivity contribution is 0.732. The van der Waals surface area contributed by atoms with E-state index in [0.29, 0.717) is 12.0 Å². The van der Waals surface area contributed by atoms with Gasteiger partial charge in [0.25, 0.3) is 0 Å². The predicted octanol–water partition coefficient (Wildman–Crippen LogP) is 1.49. The summed E-state index contributed by atoms with van der Waals surface area (Å²) in [6.07, 6.45) is 3.45. The maximum atomic E-state index is 5.75. The van der Waals surface area contributed by atoms with Gasteiger partial charge in [-0.15, -0.1) is 0 Å². The highest BCUT2D eigenvalue weighted by atomic mass is 35.5. The Morgan fingerprint density at radius 1 is 1.40 bits per heavy atom. The van der Waals surface area contributed by atoms with Gasteiger partial charge < -0.3 is 10.6 Å². The van der Waals surface area contributed by atoms with E-state index >= 15 is 0 Å². The lowest BCUT2D eigenvalue weighted by Gasteiger charge is -2.21. The summed E-state index contributed by atoms with van der Waals surface area (Å²) in [4.78, 5) is 14.1. The van der Waals surface area contributed by atoms with Crippen molar-refractivity contribution in [3.63, 3.8) is 0 Å². The third-order valence-corrected chi connectivity index (χ3v) is 2.49. The van der Waals surface area contributed by atoms with Gasteiger partial charge in [0.05, 0.1) is 0 Å². The molecule has 0 aliphatic heterocycles. The topological polar surface area (TPSA) is 67.9 Å². The minimum Gasteiger partial charge on any atom is -0.368 e. The number of hydrogen-bond donors (Lipinski definition) is 1. The molecule has 82 valence electrons. The molecular weight excluding hydrogens is 214 g/mol. The van der Waals surface area contributed by atoms with Crippen LogP contribution in [0.3, 0.4) is 0 Å². The van der Waals surface area contributed by atoms with Crippen LogP contribution in [0.5, 0.6) is 0 Å². The zero-order valence-corrected chi connectivity index (χ0v) is 9.41. The summed E-state index contributed by atoms with van der Waals surface area (Å²) >= 11 is 5.75. The Morgan fingerprint density at radius 3 is 2.67 bits per heavy atom. The molecule has 0 saturated heterocycles. The Labute approximate surface area is 93.7 Å². The molecule has 1 fully saturated rings. The van der Waals surface area contributed by atoms with E-state index in [-0.39, 0.29) is 11.2 Å². The van der Waals surface area contributed by atoms with Crippen molar-refractivity contribution in [2.24, 2.45) is 0 Å². The van der Waals surface area contributed by atoms with Gasteiger partial charge in [-0.2, -0.15) is 15.0 Å². The molecule has 0 amide bonds. The third-order valence-electron chi connectivity index (χ3n) is 2.32. The van der Waals surface area contributed by atoms with Crippen molar-refractivity contribution in [3.05, 3.63) is 5.28 Å². The molecule has 2 rings (SSSR count). The van der Waals surface area contributed by atoms with Gasteiger partial charge >= 0.3 is 0 Å². The van der Waals surface area contributed by atoms with Crippen molar-refractivity contribution in [3.8, 4) is 0 Å². The Morgan fingerprint density at radius 2 is 2.13 bits per heavy atom. The first-order valence-electron chi connectivity index (χ1n) is 5.14. The first-order valence-corrected chi connectivity index (χ1v) is 5.52. The van der Waals surface area contributed by atoms with E-state index in [1.54, 1.807) is 0 Å². The van der Waals surface area contributed by atoms with Gasteiger partial charge in [-0.3, -0.25) is 0 Å². The van der Waals surface area contributed by atoms with Crippen molar-refractivity contribution in [1.82, 2.24) is 15.0 Å². The van der Waals surface area contributed by atoms with Gasteiger partial charge in [-0.05, 0) is 30.9 Å². The lowest BCUT2D eigenvalue weighted by atomic mass is 10.4. The van der Waals surface area contributed by atoms with Gasteiger partial charge in [0.2, 0.25) is 17.2 Å². The molecule has 1 aromatic rings. The van der Waals surface area contributed by atoms with Crippen LogP contribution < -0.4 is 10.6 Å². The van der Waals surface area contributed by atoms with Crippen LogP contribution in [0.1, 0.15) is 26.2 Å². The number of anilines is 2. The highest BCUT2D eigenvalue weighted by molar-refractivity contribution is 6.28. The minimum atomic E-state index is 0.166. The number of nitrogen functional groups attached to an aromatic ring is 1. The van der Waals surface area contributed by atoms with Crippen molar-refractivity contribution in [2.45, 2.75) is 32.2 Å². The summed E-state index contributed by atoms with van der Waals surface area (Å²) < 4.78 is 0. The smallest absolute Gasteiger partial charge is 0.231 e. The zero-order chi connectivity index (χ0) is 10.8. The standard InChI is InChI=1S/C9H14ClN5/c1-2-5-15(6-3-4-6)9-13-7(10)12-8(11)14-9/h6H,2-5H2,1H3,(H2,11,12,13,14). The van der Waals surface area contributed by atoms with E-state index in [1.165, 1.54) is 12.8 Å². The second kappa shape index (κ2) is 4.18. The average molecular weight is 228 g/mol. The summed E-state index contributed by atoms with van der Waals surface area (Å²) in [5, 5.41) is 0.166. The maximum absolute atomic E-state index is 5.75. The molecule has 5 nitrogen and oxygen atoms in total. The van der Waals surface area contributed by atoms with Gasteiger partial charge in [0, 0.05) is 12.6 Å². The van der Waals surface area contributed by atoms with Gasteiger partial charge in [-0.1, -0.05) is 6.92 Å². The molecule has 1 aliphatic rings. The van der Waals surface area contributed by atoms with Crippen LogP contribution in [-0.2, 0) is 0 Å². The number of hydrogen-bond acceptors (Lipinski definition) is 5. The highest BCUT2D eigenvalue weighted by Crippen LogP contribution is 2.30. The predicted molar refractivity (Wildman–Crippen MR) is 59.9 cm³/mol. The normalized spacial score (nSPS) is 15.3. The largest absolute Gasteiger partial charge is 0.368 e. The first-order chi connectivity index (χ1) is 7.20. The molecule has 2 N–H and O–H groups in total. The molecular formula is C9H14ClN5. The molecule has 0 unspecified atom stereocenters. The van der Waals surface area contributed by atoms with Crippen molar-refractivity contribution >= 4 is 23.5 Å². The fourth-order valence-corrected chi connectivity index (χ4v) is 1.72. The molecule has 0 radical (unpaired) electrons. The van der Waals surface area contributed by atoms with E-state index in [1.807, 2.05) is 0 Å². The minimum absolute atomic E-state index is 0.166. The molecule has 6 heteroatoms. The maximum Gasteiger partial charge on any atom is 0.231 e. The van der Waals surface area contributed by atoms with Crippen molar-refractivity contribution in [1.29, 1.82) is 0 Å². The highest BCUT2D eigenvalue weighted by Gasteiger charge is 2.30. The van der Waals surface area contributed by atoms with Gasteiger partial charge in [-0.25, -0.2) is 0 Å². The van der Waals surface area contributed by atoms with E-state index in [0.717, 1.165) is 13.0 Å². The molecule has 1 heterocycles. The second-order valence-corrected chi connectivity index (χ2v) is 4.03. The average Bonchev–Trinajstić information content (AvgIpc) is 2.95. The SMILES string of the molecule is CCCN(c1nc(N)nc(Cl)n1)C1CC1. The zero-order valence-electron chi connectivity index (χ0n) is 8.65. The van der Waals surface area contributed by atoms with E-state index in [4.69, 9.17) is 17.3 Å². The summed E-state index contributed by atoms with van der Waals surface area (Å²) in [5.41, 5.74) is 5.54. The fourth-order valence-electron chi connectivity index (χ4n) is 1.56. The van der Waals surface area contributed by atoms with Crippen LogP contribution in [0.15, 0.2) is 0 Å². The quantitative estimate of drug-likeness (QED) is 0.844. The molecule has 0 bridgehead atoms. The van der Waals surface area contributed by atoms with Crippen LogP contribution in [0.25, 0.3) is 0 Å². The van der Waals surface area contributed by atoms with Crippen LogP contribution >= 0.6 is 11.6 Å². The Bertz CT molecular complexity index is 332. The first kappa shape index (κ1) is 10.4. The summed E-state index contributed by atoms with van der Waals surface area (Å²) in [6.45, 7) is 3.06. The van der Waals surface area contributed by atoms with Crippen LogP contribution in [-0.4, -0.2) is 27.5 Å². The monoisotopic (exact) mass is 227 g/mol. The van der Waals surface area contributed by atoms with Crippen LogP contribution in [0.4, 0.5) is 11.9 Å². The molecule has 0 atom stereocenters. The Hall–Kier alpha value is -1.10. The number of rotatable bonds is 4. The van der Waals surface area contributed by atoms with E-state index in [9.17, 15) is 0 Å². The molecule has 15 heavy (non-hydrogen) atoms. The second-order valence-electron chi connectivity index (χ2n) is 3.69. The number of aromatic nitrogens is 3. The molecule has 1 aliphatic carbocycles. The molecule has 1 aromatic heterocycles. The van der Waals surface area contributed by atoms with Gasteiger partial charge in [0.15, 0.2) is 0 Å². The van der Waals surface area contributed by atoms with Crippen molar-refractivity contribution in [2.75, 3.05) is 17.2 Å². The molecule has 0 aromatic carbocycles. The number of halogens is 1. The fraction of sp³-hybridized carbons (Fsp3) is 0.667. The van der Waals surface area contributed by atoms with Crippen LogP contribution in [0.2, 0.25) is 5.28 Å². The Kier molecular flexibility index (Phi) is 2.90. The summed E-state index contributed by atoms with van der Waals surface area (Å²) in [5.74, 6) is 0.795.